The molecular weight excluding hydrogens is 244 g/mol. The molecule has 0 spiro atoms. The quantitative estimate of drug-likeness (QED) is 0.367. The standard InChI is InChI=1S/C15H26O4/c1-4-6-7-9-18-11-13-10-15(8-5-2,12(3)16)14(17)19-13/h13H,4-11H2,1-3H3. The molecule has 1 heterocycles. The number of hydrogen-bond acceptors (Lipinski definition) is 4. The van der Waals surface area contributed by atoms with Gasteiger partial charge in [-0.2, -0.15) is 0 Å². The Morgan fingerprint density at radius 1 is 1.37 bits per heavy atom. The molecule has 2 atom stereocenters. The maximum atomic E-state index is 12.0. The molecule has 4 heteroatoms. The number of unbranched alkanes of at least 4 members (excludes halogenated alkanes) is 2. The van der Waals surface area contributed by atoms with E-state index in [0.717, 1.165) is 25.7 Å². The van der Waals surface area contributed by atoms with E-state index in [1.807, 2.05) is 6.92 Å². The van der Waals surface area contributed by atoms with Crippen LogP contribution >= 0.6 is 0 Å². The van der Waals surface area contributed by atoms with Crippen molar-refractivity contribution < 1.29 is 19.1 Å². The van der Waals surface area contributed by atoms with Crippen LogP contribution in [0.15, 0.2) is 0 Å². The third kappa shape index (κ3) is 4.03. The van der Waals surface area contributed by atoms with E-state index in [-0.39, 0.29) is 17.9 Å². The average Bonchev–Trinajstić information content (AvgIpc) is 2.67. The maximum absolute atomic E-state index is 12.0. The fraction of sp³-hybridized carbons (Fsp3) is 0.867. The summed E-state index contributed by atoms with van der Waals surface area (Å²) in [5, 5.41) is 0. The Morgan fingerprint density at radius 3 is 2.68 bits per heavy atom. The number of rotatable bonds is 9. The van der Waals surface area contributed by atoms with E-state index >= 15 is 0 Å². The lowest BCUT2D eigenvalue weighted by Crippen LogP contribution is -2.34. The summed E-state index contributed by atoms with van der Waals surface area (Å²) in [5.74, 6) is -0.433. The van der Waals surface area contributed by atoms with Gasteiger partial charge < -0.3 is 9.47 Å². The molecule has 0 radical (unpaired) electrons. The van der Waals surface area contributed by atoms with Crippen LogP contribution in [-0.2, 0) is 19.1 Å². The molecule has 0 aromatic carbocycles. The highest BCUT2D eigenvalue weighted by Gasteiger charge is 2.51. The number of hydrogen-bond donors (Lipinski definition) is 0. The maximum Gasteiger partial charge on any atom is 0.320 e. The van der Waals surface area contributed by atoms with Gasteiger partial charge in [-0.25, -0.2) is 0 Å². The molecule has 1 aliphatic rings. The number of esters is 1. The lowest BCUT2D eigenvalue weighted by Gasteiger charge is -2.20. The number of ether oxygens (including phenoxy) is 2. The first-order valence-corrected chi connectivity index (χ1v) is 7.36. The van der Waals surface area contributed by atoms with E-state index in [9.17, 15) is 9.59 Å². The Hall–Kier alpha value is -0.900. The van der Waals surface area contributed by atoms with Gasteiger partial charge in [-0.05, 0) is 19.8 Å². The molecule has 0 bridgehead atoms. The number of carbonyl (C=O) groups is 2. The van der Waals surface area contributed by atoms with E-state index in [4.69, 9.17) is 9.47 Å². The molecule has 4 nitrogen and oxygen atoms in total. The van der Waals surface area contributed by atoms with Gasteiger partial charge in [-0.15, -0.1) is 0 Å². The number of carbonyl (C=O) groups excluding carboxylic acids is 2. The van der Waals surface area contributed by atoms with Crippen LogP contribution in [0.1, 0.15) is 59.3 Å². The number of Topliss-reactive ketones (excluding diaryl/α,β-unsaturated/α-hetero) is 1. The molecule has 1 rings (SSSR count). The average molecular weight is 270 g/mol. The Balaban J connectivity index is 2.44. The lowest BCUT2D eigenvalue weighted by molar-refractivity contribution is -0.153. The number of ketones is 1. The van der Waals surface area contributed by atoms with E-state index in [1.54, 1.807) is 0 Å². The van der Waals surface area contributed by atoms with Crippen molar-refractivity contribution in [1.29, 1.82) is 0 Å². The highest BCUT2D eigenvalue weighted by atomic mass is 16.6. The second kappa shape index (κ2) is 7.63. The molecule has 2 unspecified atom stereocenters. The molecule has 110 valence electrons. The fourth-order valence-electron chi connectivity index (χ4n) is 2.63. The molecule has 0 amide bonds. The van der Waals surface area contributed by atoms with Crippen LogP contribution in [0, 0.1) is 5.41 Å². The monoisotopic (exact) mass is 270 g/mol. The zero-order chi connectivity index (χ0) is 14.3. The van der Waals surface area contributed by atoms with Gasteiger partial charge in [0.1, 0.15) is 17.3 Å². The van der Waals surface area contributed by atoms with Crippen molar-refractivity contribution in [2.24, 2.45) is 5.41 Å². The molecule has 0 aliphatic carbocycles. The van der Waals surface area contributed by atoms with Crippen LogP contribution in [0.4, 0.5) is 0 Å². The normalized spacial score (nSPS) is 26.5. The third-order valence-electron chi connectivity index (χ3n) is 3.79. The van der Waals surface area contributed by atoms with Crippen LogP contribution in [0.3, 0.4) is 0 Å². The summed E-state index contributed by atoms with van der Waals surface area (Å²) in [6.07, 6.45) is 4.94. The summed E-state index contributed by atoms with van der Waals surface area (Å²) in [6.45, 7) is 6.72. The van der Waals surface area contributed by atoms with Gasteiger partial charge in [0.2, 0.25) is 0 Å². The number of cyclic esters (lactones) is 1. The molecule has 19 heavy (non-hydrogen) atoms. The third-order valence-corrected chi connectivity index (χ3v) is 3.79. The Kier molecular flexibility index (Phi) is 6.49. The first kappa shape index (κ1) is 16.2. The van der Waals surface area contributed by atoms with Gasteiger partial charge >= 0.3 is 5.97 Å². The van der Waals surface area contributed by atoms with Crippen LogP contribution in [0.5, 0.6) is 0 Å². The summed E-state index contributed by atoms with van der Waals surface area (Å²) >= 11 is 0. The van der Waals surface area contributed by atoms with Crippen molar-refractivity contribution in [2.45, 2.75) is 65.4 Å². The summed E-state index contributed by atoms with van der Waals surface area (Å²) in [4.78, 5) is 23.8. The van der Waals surface area contributed by atoms with Crippen LogP contribution in [0.2, 0.25) is 0 Å². The van der Waals surface area contributed by atoms with E-state index in [2.05, 4.69) is 6.92 Å². The molecule has 0 aromatic rings. The van der Waals surface area contributed by atoms with Gasteiger partial charge in [-0.3, -0.25) is 9.59 Å². The smallest absolute Gasteiger partial charge is 0.320 e. The second-order valence-electron chi connectivity index (χ2n) is 5.40. The topological polar surface area (TPSA) is 52.6 Å². The van der Waals surface area contributed by atoms with Crippen molar-refractivity contribution in [2.75, 3.05) is 13.2 Å². The van der Waals surface area contributed by atoms with Crippen molar-refractivity contribution in [3.05, 3.63) is 0 Å². The summed E-state index contributed by atoms with van der Waals surface area (Å²) in [5.41, 5.74) is -0.911. The van der Waals surface area contributed by atoms with E-state index in [1.165, 1.54) is 6.92 Å². The van der Waals surface area contributed by atoms with Gasteiger partial charge in [0.25, 0.3) is 0 Å². The Bertz CT molecular complexity index is 313. The summed E-state index contributed by atoms with van der Waals surface area (Å²) in [7, 11) is 0. The molecule has 0 N–H and O–H groups in total. The van der Waals surface area contributed by atoms with Crippen molar-refractivity contribution in [3.63, 3.8) is 0 Å². The SMILES string of the molecule is CCCCCOCC1CC(CCC)(C(C)=O)C(=O)O1. The van der Waals surface area contributed by atoms with Gasteiger partial charge in [0, 0.05) is 13.0 Å². The fourth-order valence-corrected chi connectivity index (χ4v) is 2.63. The summed E-state index contributed by atoms with van der Waals surface area (Å²) in [6, 6.07) is 0. The molecular formula is C15H26O4. The predicted octanol–water partition coefficient (Wildman–Crippen LogP) is 2.88. The highest BCUT2D eigenvalue weighted by Crippen LogP contribution is 2.39. The Labute approximate surface area is 115 Å². The predicted molar refractivity (Wildman–Crippen MR) is 72.9 cm³/mol. The molecule has 1 saturated heterocycles. The van der Waals surface area contributed by atoms with Gasteiger partial charge in [0.05, 0.1) is 6.61 Å². The lowest BCUT2D eigenvalue weighted by atomic mass is 9.77. The minimum Gasteiger partial charge on any atom is -0.459 e. The molecule has 1 aliphatic heterocycles. The summed E-state index contributed by atoms with van der Waals surface area (Å²) < 4.78 is 10.8. The zero-order valence-corrected chi connectivity index (χ0v) is 12.4. The minimum atomic E-state index is -0.911. The van der Waals surface area contributed by atoms with Crippen LogP contribution in [-0.4, -0.2) is 31.1 Å². The second-order valence-corrected chi connectivity index (χ2v) is 5.40. The van der Waals surface area contributed by atoms with Crippen LogP contribution in [0.25, 0.3) is 0 Å². The molecule has 0 aromatic heterocycles. The van der Waals surface area contributed by atoms with E-state index in [0.29, 0.717) is 26.1 Å². The molecule has 0 saturated carbocycles. The van der Waals surface area contributed by atoms with Crippen molar-refractivity contribution >= 4 is 11.8 Å². The zero-order valence-electron chi connectivity index (χ0n) is 12.4. The first-order chi connectivity index (χ1) is 9.06. The Morgan fingerprint density at radius 2 is 2.11 bits per heavy atom. The van der Waals surface area contributed by atoms with Crippen LogP contribution < -0.4 is 0 Å². The van der Waals surface area contributed by atoms with Gasteiger partial charge in [-0.1, -0.05) is 33.1 Å². The first-order valence-electron chi connectivity index (χ1n) is 7.36. The van der Waals surface area contributed by atoms with Gasteiger partial charge in [0.15, 0.2) is 0 Å². The van der Waals surface area contributed by atoms with Crippen molar-refractivity contribution in [3.8, 4) is 0 Å². The van der Waals surface area contributed by atoms with E-state index < -0.39 is 5.41 Å². The molecule has 1 fully saturated rings. The minimum absolute atomic E-state index is 0.0761. The van der Waals surface area contributed by atoms with Crippen molar-refractivity contribution in [1.82, 2.24) is 0 Å². The highest BCUT2D eigenvalue weighted by molar-refractivity contribution is 6.03. The largest absolute Gasteiger partial charge is 0.459 e.